The van der Waals surface area contributed by atoms with Crippen molar-refractivity contribution in [3.05, 3.63) is 102 Å². The lowest BCUT2D eigenvalue weighted by molar-refractivity contribution is 0.0695. The zero-order valence-electron chi connectivity index (χ0n) is 13.1. The van der Waals surface area contributed by atoms with Crippen LogP contribution in [0.5, 0.6) is 0 Å². The van der Waals surface area contributed by atoms with E-state index in [0.29, 0.717) is 5.56 Å². The number of thioether (sulfide) groups is 1. The molecule has 24 heavy (non-hydrogen) atoms. The van der Waals surface area contributed by atoms with E-state index in [0.717, 1.165) is 16.9 Å². The van der Waals surface area contributed by atoms with E-state index in [9.17, 15) is 9.90 Å². The molecule has 0 saturated heterocycles. The molecule has 0 radical (unpaired) electrons. The van der Waals surface area contributed by atoms with E-state index in [1.807, 2.05) is 48.5 Å². The van der Waals surface area contributed by atoms with Gasteiger partial charge in [0.2, 0.25) is 0 Å². The van der Waals surface area contributed by atoms with Crippen LogP contribution in [0.2, 0.25) is 0 Å². The van der Waals surface area contributed by atoms with Crippen molar-refractivity contribution in [2.24, 2.45) is 0 Å². The predicted octanol–water partition coefficient (Wildman–Crippen LogP) is 5.31. The van der Waals surface area contributed by atoms with E-state index in [2.05, 4.69) is 24.3 Å². The standard InChI is InChI=1S/C21H18O2S/c22-21(23)19-14-8-7-13-18(19)20(16-9-3-1-4-10-16)15-24-17-11-5-2-6-12-17/h1-14,20H,15H2,(H,22,23). The third-order valence-corrected chi connectivity index (χ3v) is 5.03. The molecule has 0 amide bonds. The Morgan fingerprint density at radius 1 is 0.833 bits per heavy atom. The van der Waals surface area contributed by atoms with Gasteiger partial charge in [0.05, 0.1) is 5.56 Å². The number of carboxylic acid groups (broad SMARTS) is 1. The topological polar surface area (TPSA) is 37.3 Å². The van der Waals surface area contributed by atoms with E-state index in [1.165, 1.54) is 4.90 Å². The lowest BCUT2D eigenvalue weighted by atomic mass is 9.89. The minimum absolute atomic E-state index is 0.0312. The summed E-state index contributed by atoms with van der Waals surface area (Å²) in [7, 11) is 0. The number of carboxylic acids is 1. The zero-order chi connectivity index (χ0) is 16.8. The molecule has 0 aliphatic carbocycles. The van der Waals surface area contributed by atoms with Gasteiger partial charge in [0, 0.05) is 16.6 Å². The van der Waals surface area contributed by atoms with Crippen molar-refractivity contribution in [3.63, 3.8) is 0 Å². The molecule has 0 aliphatic rings. The Bertz CT molecular complexity index is 800. The monoisotopic (exact) mass is 334 g/mol. The maximum Gasteiger partial charge on any atom is 0.335 e. The molecular formula is C21H18O2S. The number of rotatable bonds is 6. The molecule has 1 N–H and O–H groups in total. The normalized spacial score (nSPS) is 11.8. The number of aromatic carboxylic acids is 1. The van der Waals surface area contributed by atoms with Crippen LogP contribution in [0.1, 0.15) is 27.4 Å². The quantitative estimate of drug-likeness (QED) is 0.621. The van der Waals surface area contributed by atoms with Gasteiger partial charge in [-0.25, -0.2) is 4.79 Å². The molecular weight excluding hydrogens is 316 g/mol. The Balaban J connectivity index is 1.95. The first-order valence-corrected chi connectivity index (χ1v) is 8.79. The predicted molar refractivity (Wildman–Crippen MR) is 98.9 cm³/mol. The fraction of sp³-hybridized carbons (Fsp3) is 0.0952. The first-order chi connectivity index (χ1) is 11.8. The highest BCUT2D eigenvalue weighted by Gasteiger charge is 2.20. The highest BCUT2D eigenvalue weighted by atomic mass is 32.2. The highest BCUT2D eigenvalue weighted by Crippen LogP contribution is 2.33. The van der Waals surface area contributed by atoms with Crippen LogP contribution in [0.25, 0.3) is 0 Å². The summed E-state index contributed by atoms with van der Waals surface area (Å²) in [5.74, 6) is -0.0573. The molecule has 2 nitrogen and oxygen atoms in total. The Kier molecular flexibility index (Phi) is 5.34. The Labute approximate surface area is 146 Å². The van der Waals surface area contributed by atoms with Crippen LogP contribution >= 0.6 is 11.8 Å². The summed E-state index contributed by atoms with van der Waals surface area (Å²) in [6.07, 6.45) is 0. The van der Waals surface area contributed by atoms with Gasteiger partial charge in [0.25, 0.3) is 0 Å². The van der Waals surface area contributed by atoms with E-state index in [1.54, 1.807) is 23.9 Å². The van der Waals surface area contributed by atoms with Crippen molar-refractivity contribution < 1.29 is 9.90 Å². The molecule has 0 aromatic heterocycles. The molecule has 3 heteroatoms. The van der Waals surface area contributed by atoms with Gasteiger partial charge in [-0.15, -0.1) is 11.8 Å². The van der Waals surface area contributed by atoms with Crippen LogP contribution in [0, 0.1) is 0 Å². The fourth-order valence-electron chi connectivity index (χ4n) is 2.74. The summed E-state index contributed by atoms with van der Waals surface area (Å²) in [6, 6.07) is 27.6. The van der Waals surface area contributed by atoms with Crippen molar-refractivity contribution in [2.45, 2.75) is 10.8 Å². The Morgan fingerprint density at radius 3 is 2.08 bits per heavy atom. The summed E-state index contributed by atoms with van der Waals surface area (Å²) >= 11 is 1.75. The van der Waals surface area contributed by atoms with Crippen molar-refractivity contribution in [3.8, 4) is 0 Å². The molecule has 1 atom stereocenters. The third kappa shape index (κ3) is 3.87. The molecule has 0 heterocycles. The fourth-order valence-corrected chi connectivity index (χ4v) is 3.82. The average molecular weight is 334 g/mol. The first-order valence-electron chi connectivity index (χ1n) is 7.80. The molecule has 1 unspecified atom stereocenters. The van der Waals surface area contributed by atoms with E-state index < -0.39 is 5.97 Å². The molecule has 3 aromatic rings. The van der Waals surface area contributed by atoms with Gasteiger partial charge in [-0.05, 0) is 29.3 Å². The molecule has 0 saturated carbocycles. The van der Waals surface area contributed by atoms with Crippen LogP contribution in [0.15, 0.2) is 89.8 Å². The summed E-state index contributed by atoms with van der Waals surface area (Å²) in [4.78, 5) is 12.8. The maximum absolute atomic E-state index is 11.6. The van der Waals surface area contributed by atoms with E-state index in [-0.39, 0.29) is 5.92 Å². The third-order valence-electron chi connectivity index (χ3n) is 3.93. The van der Waals surface area contributed by atoms with Gasteiger partial charge in [0.15, 0.2) is 0 Å². The molecule has 3 rings (SSSR count). The van der Waals surface area contributed by atoms with Crippen LogP contribution in [0.4, 0.5) is 0 Å². The second-order valence-corrected chi connectivity index (χ2v) is 6.57. The molecule has 120 valence electrons. The summed E-state index contributed by atoms with van der Waals surface area (Å²) in [6.45, 7) is 0. The first kappa shape index (κ1) is 16.3. The van der Waals surface area contributed by atoms with Gasteiger partial charge >= 0.3 is 5.97 Å². The lowest BCUT2D eigenvalue weighted by Crippen LogP contribution is -2.10. The number of hydrogen-bond acceptors (Lipinski definition) is 2. The summed E-state index contributed by atoms with van der Waals surface area (Å²) < 4.78 is 0. The maximum atomic E-state index is 11.6. The Morgan fingerprint density at radius 2 is 1.42 bits per heavy atom. The molecule has 0 bridgehead atoms. The lowest BCUT2D eigenvalue weighted by Gasteiger charge is -2.19. The van der Waals surface area contributed by atoms with Crippen molar-refractivity contribution >= 4 is 17.7 Å². The zero-order valence-corrected chi connectivity index (χ0v) is 13.9. The average Bonchev–Trinajstić information content (AvgIpc) is 2.64. The smallest absolute Gasteiger partial charge is 0.335 e. The van der Waals surface area contributed by atoms with E-state index in [4.69, 9.17) is 0 Å². The summed E-state index contributed by atoms with van der Waals surface area (Å²) in [5.41, 5.74) is 2.37. The largest absolute Gasteiger partial charge is 0.478 e. The molecule has 0 spiro atoms. The van der Waals surface area contributed by atoms with Crippen LogP contribution in [-0.2, 0) is 0 Å². The van der Waals surface area contributed by atoms with Crippen LogP contribution < -0.4 is 0 Å². The number of carbonyl (C=O) groups is 1. The van der Waals surface area contributed by atoms with Crippen molar-refractivity contribution in [1.29, 1.82) is 0 Å². The minimum atomic E-state index is -0.878. The van der Waals surface area contributed by atoms with Gasteiger partial charge in [0.1, 0.15) is 0 Å². The second kappa shape index (κ2) is 7.84. The molecule has 3 aromatic carbocycles. The number of hydrogen-bond donors (Lipinski definition) is 1. The van der Waals surface area contributed by atoms with Gasteiger partial charge < -0.3 is 5.11 Å². The van der Waals surface area contributed by atoms with Gasteiger partial charge in [-0.1, -0.05) is 66.7 Å². The van der Waals surface area contributed by atoms with Crippen molar-refractivity contribution in [1.82, 2.24) is 0 Å². The van der Waals surface area contributed by atoms with Crippen LogP contribution in [0.3, 0.4) is 0 Å². The number of benzene rings is 3. The SMILES string of the molecule is O=C(O)c1ccccc1C(CSc1ccccc1)c1ccccc1. The summed E-state index contributed by atoms with van der Waals surface area (Å²) in [5, 5.41) is 9.54. The molecule has 0 fully saturated rings. The minimum Gasteiger partial charge on any atom is -0.478 e. The van der Waals surface area contributed by atoms with Gasteiger partial charge in [-0.3, -0.25) is 0 Å². The Hall–Kier alpha value is -2.52. The van der Waals surface area contributed by atoms with Gasteiger partial charge in [-0.2, -0.15) is 0 Å². The highest BCUT2D eigenvalue weighted by molar-refractivity contribution is 7.99. The molecule has 0 aliphatic heterocycles. The van der Waals surface area contributed by atoms with E-state index >= 15 is 0 Å². The second-order valence-electron chi connectivity index (χ2n) is 5.48. The van der Waals surface area contributed by atoms with Crippen molar-refractivity contribution in [2.75, 3.05) is 5.75 Å². The van der Waals surface area contributed by atoms with Crippen LogP contribution in [-0.4, -0.2) is 16.8 Å².